The van der Waals surface area contributed by atoms with Gasteiger partial charge in [0.1, 0.15) is 5.82 Å². The normalized spacial score (nSPS) is 11.8. The van der Waals surface area contributed by atoms with E-state index in [0.29, 0.717) is 0 Å². The number of aromatic nitrogens is 1. The number of nitrogens with one attached hydrogen (secondary N) is 2. The predicted octanol–water partition coefficient (Wildman–Crippen LogP) is 7.07. The number of anilines is 1. The Kier molecular flexibility index (Phi) is 23.4. The van der Waals surface area contributed by atoms with Crippen LogP contribution in [0.15, 0.2) is 60.4 Å². The molecule has 174 valence electrons. The van der Waals surface area contributed by atoms with Gasteiger partial charge in [-0.3, -0.25) is 0 Å². The lowest BCUT2D eigenvalue weighted by molar-refractivity contribution is 0.626. The molecule has 0 aliphatic carbocycles. The molecule has 0 aliphatic rings. The molecule has 31 heavy (non-hydrogen) atoms. The smallest absolute Gasteiger partial charge is 0.126 e. The highest BCUT2D eigenvalue weighted by atomic mass is 14.9. The van der Waals surface area contributed by atoms with Crippen molar-refractivity contribution in [2.75, 3.05) is 12.4 Å². The van der Waals surface area contributed by atoms with Gasteiger partial charge in [0, 0.05) is 19.5 Å². The van der Waals surface area contributed by atoms with E-state index in [1.165, 1.54) is 18.2 Å². The molecule has 3 heteroatoms. The monoisotopic (exact) mass is 425 g/mol. The zero-order valence-electron chi connectivity index (χ0n) is 21.8. The van der Waals surface area contributed by atoms with E-state index in [4.69, 9.17) is 5.41 Å². The van der Waals surface area contributed by atoms with Gasteiger partial charge in [-0.1, -0.05) is 84.1 Å². The van der Waals surface area contributed by atoms with Crippen molar-refractivity contribution in [2.45, 2.75) is 68.7 Å². The van der Waals surface area contributed by atoms with Gasteiger partial charge in [0.25, 0.3) is 0 Å². The van der Waals surface area contributed by atoms with Crippen molar-refractivity contribution < 1.29 is 0 Å². The summed E-state index contributed by atoms with van der Waals surface area (Å²) in [5.41, 5.74) is 2.87. The Morgan fingerprint density at radius 2 is 1.71 bits per heavy atom. The molecule has 0 bridgehead atoms. The van der Waals surface area contributed by atoms with Crippen molar-refractivity contribution in [1.82, 2.24) is 4.98 Å². The van der Waals surface area contributed by atoms with Crippen molar-refractivity contribution in [1.29, 1.82) is 5.41 Å². The van der Waals surface area contributed by atoms with Gasteiger partial charge < -0.3 is 10.7 Å². The molecule has 2 N–H and O–H groups in total. The molecule has 0 spiro atoms. The van der Waals surface area contributed by atoms with Crippen LogP contribution < -0.4 is 15.8 Å². The van der Waals surface area contributed by atoms with E-state index in [9.17, 15) is 0 Å². The van der Waals surface area contributed by atoms with Gasteiger partial charge in [0.2, 0.25) is 0 Å². The largest absolute Gasteiger partial charge is 0.373 e. The minimum Gasteiger partial charge on any atom is -0.373 e. The van der Waals surface area contributed by atoms with Gasteiger partial charge in [-0.25, -0.2) is 4.98 Å². The van der Waals surface area contributed by atoms with Crippen LogP contribution in [0.3, 0.4) is 0 Å². The Labute approximate surface area is 192 Å². The van der Waals surface area contributed by atoms with Crippen LogP contribution in [0.2, 0.25) is 0 Å². The summed E-state index contributed by atoms with van der Waals surface area (Å²) in [4.78, 5) is 4.27. The molecule has 0 atom stereocenters. The SMILES string of the molecule is C=C(/C=c1/cc(NC)nc/c1=C/C)/C(C=N)=C/C.C=C/C(C)=C/C.CC.CCC(C)C. The second kappa shape index (κ2) is 22.0. The molecule has 0 aromatic carbocycles. The maximum absolute atomic E-state index is 7.33. The molecule has 0 saturated heterocycles. The van der Waals surface area contributed by atoms with E-state index in [1.54, 1.807) is 0 Å². The molecule has 1 rings (SSSR count). The van der Waals surface area contributed by atoms with Crippen molar-refractivity contribution >= 4 is 24.2 Å². The second-order valence-electron chi connectivity index (χ2n) is 6.83. The summed E-state index contributed by atoms with van der Waals surface area (Å²) in [6.07, 6.45) is 14.1. The molecule has 0 amide bonds. The summed E-state index contributed by atoms with van der Waals surface area (Å²) in [6, 6.07) is 1.97. The quantitative estimate of drug-likeness (QED) is 0.378. The van der Waals surface area contributed by atoms with Crippen LogP contribution in [0.4, 0.5) is 5.82 Å². The average molecular weight is 426 g/mol. The number of nitrogens with zero attached hydrogens (tertiary/aromatic N) is 1. The predicted molar refractivity (Wildman–Crippen MR) is 145 cm³/mol. The Balaban J connectivity index is -0.000000496. The summed E-state index contributed by atoms with van der Waals surface area (Å²) < 4.78 is 0. The second-order valence-corrected chi connectivity index (χ2v) is 6.83. The highest BCUT2D eigenvalue weighted by Crippen LogP contribution is 2.05. The summed E-state index contributed by atoms with van der Waals surface area (Å²) in [5.74, 6) is 1.70. The molecular formula is C28H47N3. The van der Waals surface area contributed by atoms with E-state index in [2.05, 4.69) is 44.2 Å². The van der Waals surface area contributed by atoms with Crippen molar-refractivity contribution in [3.8, 4) is 0 Å². The molecule has 0 aliphatic heterocycles. The fourth-order valence-electron chi connectivity index (χ4n) is 1.73. The first-order valence-corrected chi connectivity index (χ1v) is 11.2. The third-order valence-electron chi connectivity index (χ3n) is 4.30. The third kappa shape index (κ3) is 16.8. The Morgan fingerprint density at radius 1 is 1.16 bits per heavy atom. The highest BCUT2D eigenvalue weighted by molar-refractivity contribution is 5.86. The maximum atomic E-state index is 7.33. The zero-order valence-corrected chi connectivity index (χ0v) is 21.8. The lowest BCUT2D eigenvalue weighted by Crippen LogP contribution is -2.25. The zero-order chi connectivity index (χ0) is 24.8. The van der Waals surface area contributed by atoms with Crippen molar-refractivity contribution in [2.24, 2.45) is 5.92 Å². The fraction of sp³-hybridized carbons (Fsp3) is 0.429. The van der Waals surface area contributed by atoms with Crippen LogP contribution in [0.1, 0.15) is 68.7 Å². The Bertz CT molecular complexity index is 809. The number of pyridine rings is 1. The first kappa shape index (κ1) is 33.0. The van der Waals surface area contributed by atoms with E-state index < -0.39 is 0 Å². The van der Waals surface area contributed by atoms with Crippen LogP contribution in [0.25, 0.3) is 12.2 Å². The molecule has 1 aromatic heterocycles. The number of allylic oxidation sites excluding steroid dienone is 6. The number of hydrogen-bond donors (Lipinski definition) is 2. The molecule has 0 unspecified atom stereocenters. The highest BCUT2D eigenvalue weighted by Gasteiger charge is 1.96. The molecule has 0 fully saturated rings. The van der Waals surface area contributed by atoms with E-state index in [0.717, 1.165) is 33.3 Å². The van der Waals surface area contributed by atoms with Gasteiger partial charge in [0.15, 0.2) is 0 Å². The lowest BCUT2D eigenvalue weighted by atomic mass is 10.1. The van der Waals surface area contributed by atoms with Gasteiger partial charge in [-0.2, -0.15) is 0 Å². The number of hydrogen-bond acceptors (Lipinski definition) is 3. The topological polar surface area (TPSA) is 48.8 Å². The minimum atomic E-state index is 0.816. The third-order valence-corrected chi connectivity index (χ3v) is 4.30. The Hall–Kier alpha value is -2.68. The average Bonchev–Trinajstić information content (AvgIpc) is 2.81. The van der Waals surface area contributed by atoms with Crippen LogP contribution in [0, 0.1) is 11.3 Å². The molecule has 0 radical (unpaired) electrons. The molecule has 0 saturated carbocycles. The number of rotatable bonds is 6. The van der Waals surface area contributed by atoms with E-state index >= 15 is 0 Å². The summed E-state index contributed by atoms with van der Waals surface area (Å²) in [6.45, 7) is 26.1. The van der Waals surface area contributed by atoms with Gasteiger partial charge in [-0.15, -0.1) is 0 Å². The van der Waals surface area contributed by atoms with Gasteiger partial charge >= 0.3 is 0 Å². The van der Waals surface area contributed by atoms with E-state index in [1.807, 2.05) is 91.2 Å². The van der Waals surface area contributed by atoms with Crippen LogP contribution in [0.5, 0.6) is 0 Å². The van der Waals surface area contributed by atoms with Crippen molar-refractivity contribution in [3.05, 3.63) is 70.8 Å². The summed E-state index contributed by atoms with van der Waals surface area (Å²) in [5, 5.41) is 12.4. The first-order chi connectivity index (χ1) is 14.7. The van der Waals surface area contributed by atoms with Crippen LogP contribution in [-0.2, 0) is 0 Å². The molecule has 3 nitrogen and oxygen atoms in total. The van der Waals surface area contributed by atoms with Crippen LogP contribution in [-0.4, -0.2) is 18.2 Å². The molecule has 1 aromatic rings. The Morgan fingerprint density at radius 3 is 2.00 bits per heavy atom. The first-order valence-electron chi connectivity index (χ1n) is 11.2. The van der Waals surface area contributed by atoms with Crippen molar-refractivity contribution in [3.63, 3.8) is 0 Å². The van der Waals surface area contributed by atoms with E-state index in [-0.39, 0.29) is 0 Å². The molecule has 1 heterocycles. The summed E-state index contributed by atoms with van der Waals surface area (Å²) in [7, 11) is 1.84. The maximum Gasteiger partial charge on any atom is 0.126 e. The van der Waals surface area contributed by atoms with Gasteiger partial charge in [0.05, 0.1) is 0 Å². The van der Waals surface area contributed by atoms with Gasteiger partial charge in [-0.05, 0) is 67.3 Å². The summed E-state index contributed by atoms with van der Waals surface area (Å²) >= 11 is 0. The van der Waals surface area contributed by atoms with Crippen LogP contribution >= 0.6 is 0 Å². The fourth-order valence-corrected chi connectivity index (χ4v) is 1.73. The molecular weight excluding hydrogens is 378 g/mol. The lowest BCUT2D eigenvalue weighted by Gasteiger charge is -2.01. The minimum absolute atomic E-state index is 0.816. The standard InChI is InChI=1S/C15H19N3.C6H10.C5H12.C2H6/c1-5-12(9-16)11(3)7-14-8-15(17-4)18-10-13(14)6-2;1-4-6(3)5-2;1-4-5(2)3;1-2/h5-10,16-17H,3H2,1-2,4H3;4-5H,1H2,2-3H3;5H,4H2,1-3H3;1-2H3/b12-5+,13-6-,14-7-,16-9?;6-5+;;.